The second-order valence-corrected chi connectivity index (χ2v) is 7.40. The zero-order valence-corrected chi connectivity index (χ0v) is 12.9. The Morgan fingerprint density at radius 1 is 1.15 bits per heavy atom. The molecule has 3 nitrogen and oxygen atoms in total. The number of aliphatic hydroxyl groups is 1. The van der Waals surface area contributed by atoms with E-state index >= 15 is 0 Å². The zero-order chi connectivity index (χ0) is 14.2. The predicted molar refractivity (Wildman–Crippen MR) is 79.3 cm³/mol. The minimum atomic E-state index is -0.437. The van der Waals surface area contributed by atoms with Gasteiger partial charge in [-0.15, -0.1) is 0 Å². The van der Waals surface area contributed by atoms with Crippen molar-refractivity contribution in [2.45, 2.75) is 76.7 Å². The standard InChI is InChI=1S/C17H29NO2/c1-2-17(20)8-7-16(17)9-11-18(12-10-16)15(19)13-14-5-3-4-6-14/h14,20H,2-13H2,1H3. The Kier molecular flexibility index (Phi) is 3.83. The third-order valence-electron chi connectivity index (χ3n) is 6.60. The molecule has 1 unspecified atom stereocenters. The number of likely N-dealkylation sites (tertiary alicyclic amines) is 1. The van der Waals surface area contributed by atoms with E-state index in [0.29, 0.717) is 11.8 Å². The summed E-state index contributed by atoms with van der Waals surface area (Å²) in [5.74, 6) is 1.01. The van der Waals surface area contributed by atoms with Gasteiger partial charge in [-0.25, -0.2) is 0 Å². The summed E-state index contributed by atoms with van der Waals surface area (Å²) in [5.41, 5.74) is -0.306. The van der Waals surface area contributed by atoms with Gasteiger partial charge in [-0.1, -0.05) is 19.8 Å². The predicted octanol–water partition coefficient (Wildman–Crippen LogP) is 3.11. The maximum atomic E-state index is 12.4. The quantitative estimate of drug-likeness (QED) is 0.862. The number of carbonyl (C=O) groups excluding carboxylic acids is 1. The summed E-state index contributed by atoms with van der Waals surface area (Å²) < 4.78 is 0. The number of carbonyl (C=O) groups is 1. The molecule has 3 heteroatoms. The molecule has 2 aliphatic carbocycles. The molecule has 0 aromatic heterocycles. The molecule has 1 spiro atoms. The van der Waals surface area contributed by atoms with E-state index in [1.165, 1.54) is 25.7 Å². The first-order valence-corrected chi connectivity index (χ1v) is 8.59. The van der Waals surface area contributed by atoms with Crippen LogP contribution in [0.15, 0.2) is 0 Å². The summed E-state index contributed by atoms with van der Waals surface area (Å²) >= 11 is 0. The molecule has 0 radical (unpaired) electrons. The van der Waals surface area contributed by atoms with Crippen LogP contribution in [0, 0.1) is 11.3 Å². The molecule has 3 rings (SSSR count). The highest BCUT2D eigenvalue weighted by molar-refractivity contribution is 5.76. The fourth-order valence-electron chi connectivity index (χ4n) is 4.81. The van der Waals surface area contributed by atoms with E-state index in [0.717, 1.165) is 51.6 Å². The Balaban J connectivity index is 1.52. The SMILES string of the molecule is CCC1(O)CCC12CCN(C(=O)CC1CCCC1)CC2. The van der Waals surface area contributed by atoms with Crippen molar-refractivity contribution in [3.8, 4) is 0 Å². The van der Waals surface area contributed by atoms with E-state index in [2.05, 4.69) is 11.8 Å². The van der Waals surface area contributed by atoms with Gasteiger partial charge in [-0.05, 0) is 50.9 Å². The number of hydrogen-bond acceptors (Lipinski definition) is 2. The van der Waals surface area contributed by atoms with Crippen molar-refractivity contribution in [3.63, 3.8) is 0 Å². The molecule has 0 aromatic rings. The first kappa shape index (κ1) is 14.4. The van der Waals surface area contributed by atoms with Crippen LogP contribution in [0.1, 0.15) is 71.1 Å². The zero-order valence-electron chi connectivity index (χ0n) is 12.9. The second-order valence-electron chi connectivity index (χ2n) is 7.40. The lowest BCUT2D eigenvalue weighted by atomic mass is 9.51. The first-order valence-electron chi connectivity index (χ1n) is 8.59. The third-order valence-corrected chi connectivity index (χ3v) is 6.60. The number of amides is 1. The van der Waals surface area contributed by atoms with Crippen LogP contribution in [0.2, 0.25) is 0 Å². The van der Waals surface area contributed by atoms with Crippen LogP contribution >= 0.6 is 0 Å². The van der Waals surface area contributed by atoms with Crippen LogP contribution in [0.5, 0.6) is 0 Å². The minimum absolute atomic E-state index is 0.131. The van der Waals surface area contributed by atoms with E-state index in [-0.39, 0.29) is 5.41 Å². The van der Waals surface area contributed by atoms with Gasteiger partial charge in [0.15, 0.2) is 0 Å². The van der Waals surface area contributed by atoms with Crippen molar-refractivity contribution in [2.75, 3.05) is 13.1 Å². The largest absolute Gasteiger partial charge is 0.389 e. The molecule has 2 saturated carbocycles. The lowest BCUT2D eigenvalue weighted by Crippen LogP contribution is -2.61. The Hall–Kier alpha value is -0.570. The molecule has 1 atom stereocenters. The van der Waals surface area contributed by atoms with Crippen molar-refractivity contribution in [2.24, 2.45) is 11.3 Å². The summed E-state index contributed by atoms with van der Waals surface area (Å²) in [6.07, 6.45) is 10.9. The fourth-order valence-corrected chi connectivity index (χ4v) is 4.81. The summed E-state index contributed by atoms with van der Waals surface area (Å²) in [6.45, 7) is 3.83. The van der Waals surface area contributed by atoms with Crippen molar-refractivity contribution >= 4 is 5.91 Å². The van der Waals surface area contributed by atoms with Crippen LogP contribution in [-0.2, 0) is 4.79 Å². The van der Waals surface area contributed by atoms with Gasteiger partial charge in [-0.3, -0.25) is 4.79 Å². The second kappa shape index (κ2) is 5.32. The summed E-state index contributed by atoms with van der Waals surface area (Å²) in [5, 5.41) is 10.6. The van der Waals surface area contributed by atoms with Gasteiger partial charge in [0.1, 0.15) is 0 Å². The van der Waals surface area contributed by atoms with Gasteiger partial charge >= 0.3 is 0 Å². The highest BCUT2D eigenvalue weighted by atomic mass is 16.3. The third kappa shape index (κ3) is 2.28. The lowest BCUT2D eigenvalue weighted by molar-refractivity contribution is -0.192. The van der Waals surface area contributed by atoms with E-state index in [1.54, 1.807) is 0 Å². The van der Waals surface area contributed by atoms with E-state index in [9.17, 15) is 9.90 Å². The van der Waals surface area contributed by atoms with Gasteiger partial charge in [-0.2, -0.15) is 0 Å². The summed E-state index contributed by atoms with van der Waals surface area (Å²) in [7, 11) is 0. The molecule has 1 amide bonds. The average molecular weight is 279 g/mol. The molecule has 1 heterocycles. The van der Waals surface area contributed by atoms with Crippen LogP contribution in [-0.4, -0.2) is 34.6 Å². The maximum Gasteiger partial charge on any atom is 0.222 e. The average Bonchev–Trinajstić information content (AvgIpc) is 2.98. The van der Waals surface area contributed by atoms with Gasteiger partial charge in [0.2, 0.25) is 5.91 Å². The normalized spacial score (nSPS) is 33.4. The Morgan fingerprint density at radius 2 is 1.80 bits per heavy atom. The monoisotopic (exact) mass is 279 g/mol. The molecule has 3 fully saturated rings. The molecule has 0 aromatic carbocycles. The van der Waals surface area contributed by atoms with Crippen LogP contribution in [0.4, 0.5) is 0 Å². The molecular weight excluding hydrogens is 250 g/mol. The molecule has 3 aliphatic rings. The van der Waals surface area contributed by atoms with Crippen molar-refractivity contribution in [1.29, 1.82) is 0 Å². The van der Waals surface area contributed by atoms with E-state index < -0.39 is 5.60 Å². The molecule has 20 heavy (non-hydrogen) atoms. The molecule has 1 N–H and O–H groups in total. The number of rotatable bonds is 3. The lowest BCUT2D eigenvalue weighted by Gasteiger charge is -2.59. The highest BCUT2D eigenvalue weighted by Crippen LogP contribution is 2.57. The smallest absolute Gasteiger partial charge is 0.222 e. The van der Waals surface area contributed by atoms with Crippen LogP contribution in [0.3, 0.4) is 0 Å². The van der Waals surface area contributed by atoms with Crippen LogP contribution in [0.25, 0.3) is 0 Å². The van der Waals surface area contributed by atoms with Crippen molar-refractivity contribution in [1.82, 2.24) is 4.90 Å². The van der Waals surface area contributed by atoms with E-state index in [1.807, 2.05) is 0 Å². The molecule has 114 valence electrons. The Bertz CT molecular complexity index is 363. The number of nitrogens with zero attached hydrogens (tertiary/aromatic N) is 1. The minimum Gasteiger partial charge on any atom is -0.389 e. The van der Waals surface area contributed by atoms with E-state index in [4.69, 9.17) is 0 Å². The Morgan fingerprint density at radius 3 is 2.30 bits per heavy atom. The van der Waals surface area contributed by atoms with Crippen molar-refractivity contribution in [3.05, 3.63) is 0 Å². The Labute approximate surface area is 122 Å². The van der Waals surface area contributed by atoms with Gasteiger partial charge in [0.25, 0.3) is 0 Å². The molecule has 0 bridgehead atoms. The van der Waals surface area contributed by atoms with Gasteiger partial charge < -0.3 is 10.0 Å². The van der Waals surface area contributed by atoms with Gasteiger partial charge in [0.05, 0.1) is 5.60 Å². The molecular formula is C17H29NO2. The topological polar surface area (TPSA) is 40.5 Å². The number of hydrogen-bond donors (Lipinski definition) is 1. The summed E-state index contributed by atoms with van der Waals surface area (Å²) in [4.78, 5) is 14.4. The highest BCUT2D eigenvalue weighted by Gasteiger charge is 2.57. The number of piperidine rings is 1. The maximum absolute atomic E-state index is 12.4. The van der Waals surface area contributed by atoms with Gasteiger partial charge in [0, 0.05) is 24.9 Å². The fraction of sp³-hybridized carbons (Fsp3) is 0.941. The van der Waals surface area contributed by atoms with Crippen molar-refractivity contribution < 1.29 is 9.90 Å². The van der Waals surface area contributed by atoms with Crippen LogP contribution < -0.4 is 0 Å². The molecule has 1 saturated heterocycles. The molecule has 1 aliphatic heterocycles. The summed E-state index contributed by atoms with van der Waals surface area (Å²) in [6, 6.07) is 0. The first-order chi connectivity index (χ1) is 9.59.